The highest BCUT2D eigenvalue weighted by atomic mass is 32.2. The van der Waals surface area contributed by atoms with Gasteiger partial charge in [-0.1, -0.05) is 31.0 Å². The van der Waals surface area contributed by atoms with Gasteiger partial charge in [0.05, 0.1) is 17.9 Å². The van der Waals surface area contributed by atoms with E-state index in [4.69, 9.17) is 4.74 Å². The second-order valence-electron chi connectivity index (χ2n) is 6.28. The average molecular weight is 339 g/mol. The van der Waals surface area contributed by atoms with Crippen LogP contribution in [0.25, 0.3) is 0 Å². The number of nitrogens with zero attached hydrogens (tertiary/aromatic N) is 1. The van der Waals surface area contributed by atoms with Crippen LogP contribution < -0.4 is 0 Å². The molecule has 6 heteroatoms. The zero-order valence-electron chi connectivity index (χ0n) is 14.0. The summed E-state index contributed by atoms with van der Waals surface area (Å²) < 4.78 is 29.0. The van der Waals surface area contributed by atoms with E-state index in [0.717, 1.165) is 24.8 Å². The van der Waals surface area contributed by atoms with Gasteiger partial charge in [-0.3, -0.25) is 4.90 Å². The van der Waals surface area contributed by atoms with Crippen LogP contribution in [0.15, 0.2) is 24.3 Å². The highest BCUT2D eigenvalue weighted by Gasteiger charge is 2.35. The summed E-state index contributed by atoms with van der Waals surface area (Å²) in [4.78, 5) is 13.9. The molecule has 1 saturated carbocycles. The summed E-state index contributed by atoms with van der Waals surface area (Å²) in [5, 5.41) is -0.327. The minimum Gasteiger partial charge on any atom is -0.465 e. The van der Waals surface area contributed by atoms with Crippen LogP contribution in [-0.2, 0) is 21.1 Å². The van der Waals surface area contributed by atoms with Crippen molar-refractivity contribution in [2.75, 3.05) is 20.4 Å². The first-order valence-corrected chi connectivity index (χ1v) is 9.85. The molecule has 1 aromatic carbocycles. The molecule has 0 spiro atoms. The maximum Gasteiger partial charge on any atom is 0.338 e. The molecular formula is C17H25NO4S. The van der Waals surface area contributed by atoms with E-state index in [0.29, 0.717) is 18.5 Å². The predicted octanol–water partition coefficient (Wildman–Crippen LogP) is 2.26. The lowest BCUT2D eigenvalue weighted by atomic mass is 9.93. The molecule has 0 aliphatic heterocycles. The summed E-state index contributed by atoms with van der Waals surface area (Å²) in [6.07, 6.45) is 4.91. The lowest BCUT2D eigenvalue weighted by molar-refractivity contribution is 0.0597. The molecule has 1 aliphatic carbocycles. The van der Waals surface area contributed by atoms with Gasteiger partial charge < -0.3 is 4.74 Å². The largest absolute Gasteiger partial charge is 0.465 e. The molecule has 23 heavy (non-hydrogen) atoms. The van der Waals surface area contributed by atoms with Crippen molar-refractivity contribution in [3.63, 3.8) is 0 Å². The minimum absolute atomic E-state index is 0.00977. The second kappa shape index (κ2) is 7.45. The smallest absolute Gasteiger partial charge is 0.338 e. The van der Waals surface area contributed by atoms with Crippen LogP contribution >= 0.6 is 0 Å². The fourth-order valence-electron chi connectivity index (χ4n) is 3.43. The van der Waals surface area contributed by atoms with Crippen LogP contribution in [0.1, 0.15) is 41.6 Å². The van der Waals surface area contributed by atoms with E-state index >= 15 is 0 Å². The van der Waals surface area contributed by atoms with Gasteiger partial charge in [0.2, 0.25) is 0 Å². The van der Waals surface area contributed by atoms with Crippen LogP contribution in [0.4, 0.5) is 0 Å². The monoisotopic (exact) mass is 339 g/mol. The van der Waals surface area contributed by atoms with Crippen LogP contribution in [-0.4, -0.2) is 51.0 Å². The van der Waals surface area contributed by atoms with E-state index in [1.54, 1.807) is 12.1 Å². The Labute approximate surface area is 138 Å². The number of esters is 1. The zero-order chi connectivity index (χ0) is 17.0. The summed E-state index contributed by atoms with van der Waals surface area (Å²) >= 11 is 0. The Morgan fingerprint density at radius 3 is 2.57 bits per heavy atom. The molecule has 0 amide bonds. The molecule has 2 atom stereocenters. The zero-order valence-corrected chi connectivity index (χ0v) is 14.8. The lowest BCUT2D eigenvalue weighted by Crippen LogP contribution is -2.46. The maximum atomic E-state index is 12.1. The number of rotatable bonds is 5. The normalized spacial score (nSPS) is 22.1. The molecule has 0 radical (unpaired) electrons. The Morgan fingerprint density at radius 2 is 1.91 bits per heavy atom. The number of carbonyl (C=O) groups excluding carboxylic acids is 1. The summed E-state index contributed by atoms with van der Waals surface area (Å²) in [6.45, 7) is 0.530. The third-order valence-electron chi connectivity index (χ3n) is 4.63. The van der Waals surface area contributed by atoms with Crippen molar-refractivity contribution in [1.29, 1.82) is 0 Å². The Kier molecular flexibility index (Phi) is 5.81. The number of hydrogen-bond donors (Lipinski definition) is 0. The first-order chi connectivity index (χ1) is 10.8. The molecule has 0 N–H and O–H groups in total. The molecule has 128 valence electrons. The molecular weight excluding hydrogens is 314 g/mol. The Morgan fingerprint density at radius 1 is 1.26 bits per heavy atom. The second-order valence-corrected chi connectivity index (χ2v) is 8.55. The standard InChI is InChI=1S/C17H25NO4S/c1-18(15-10-6-7-11-16(15)23(3,20)21)12-13-8-4-5-9-14(13)17(19)22-2/h4-5,8-9,15-16H,6-7,10-12H2,1-3H3/t15-,16+/m1/s1. The van der Waals surface area contributed by atoms with Crippen molar-refractivity contribution in [2.45, 2.75) is 43.5 Å². The van der Waals surface area contributed by atoms with Crippen molar-refractivity contribution >= 4 is 15.8 Å². The third kappa shape index (κ3) is 4.32. The molecule has 0 heterocycles. The van der Waals surface area contributed by atoms with Gasteiger partial charge in [-0.25, -0.2) is 13.2 Å². The van der Waals surface area contributed by atoms with Crippen LogP contribution in [0.3, 0.4) is 0 Å². The molecule has 1 aromatic rings. The molecule has 5 nitrogen and oxygen atoms in total. The number of sulfone groups is 1. The van der Waals surface area contributed by atoms with Crippen LogP contribution in [0.2, 0.25) is 0 Å². The van der Waals surface area contributed by atoms with E-state index in [1.165, 1.54) is 13.4 Å². The summed E-state index contributed by atoms with van der Waals surface area (Å²) in [6, 6.07) is 7.30. The van der Waals surface area contributed by atoms with Gasteiger partial charge in [0, 0.05) is 18.8 Å². The van der Waals surface area contributed by atoms with Gasteiger partial charge in [0.25, 0.3) is 0 Å². The SMILES string of the molecule is COC(=O)c1ccccc1CN(C)[C@@H]1CCCC[C@@H]1S(C)(=O)=O. The summed E-state index contributed by atoms with van der Waals surface area (Å²) in [5.74, 6) is -0.364. The predicted molar refractivity (Wildman–Crippen MR) is 90.1 cm³/mol. The molecule has 0 saturated heterocycles. The van der Waals surface area contributed by atoms with Crippen molar-refractivity contribution < 1.29 is 17.9 Å². The summed E-state index contributed by atoms with van der Waals surface area (Å²) in [5.41, 5.74) is 1.40. The minimum atomic E-state index is -3.08. The van der Waals surface area contributed by atoms with Gasteiger partial charge in [-0.05, 0) is 31.5 Å². The van der Waals surface area contributed by atoms with E-state index in [9.17, 15) is 13.2 Å². The van der Waals surface area contributed by atoms with Gasteiger partial charge >= 0.3 is 5.97 Å². The van der Waals surface area contributed by atoms with Crippen molar-refractivity contribution in [1.82, 2.24) is 4.90 Å². The van der Waals surface area contributed by atoms with Gasteiger partial charge in [-0.15, -0.1) is 0 Å². The first kappa shape index (κ1) is 17.9. The Bertz CT molecular complexity index is 656. The van der Waals surface area contributed by atoms with Crippen molar-refractivity contribution in [2.24, 2.45) is 0 Å². The molecule has 1 aliphatic rings. The maximum absolute atomic E-state index is 12.1. The van der Waals surface area contributed by atoms with Gasteiger partial charge in [-0.2, -0.15) is 0 Å². The number of ether oxygens (including phenoxy) is 1. The highest BCUT2D eigenvalue weighted by molar-refractivity contribution is 7.91. The van der Waals surface area contributed by atoms with E-state index < -0.39 is 9.84 Å². The topological polar surface area (TPSA) is 63.7 Å². The number of methoxy groups -OCH3 is 1. The quantitative estimate of drug-likeness (QED) is 0.770. The third-order valence-corrected chi connectivity index (χ3v) is 6.28. The number of hydrogen-bond acceptors (Lipinski definition) is 5. The van der Waals surface area contributed by atoms with Crippen LogP contribution in [0, 0.1) is 0 Å². The van der Waals surface area contributed by atoms with E-state index in [2.05, 4.69) is 4.90 Å². The lowest BCUT2D eigenvalue weighted by Gasteiger charge is -2.37. The fraction of sp³-hybridized carbons (Fsp3) is 0.588. The molecule has 1 fully saturated rings. The molecule has 0 bridgehead atoms. The first-order valence-electron chi connectivity index (χ1n) is 7.90. The van der Waals surface area contributed by atoms with Crippen LogP contribution in [0.5, 0.6) is 0 Å². The van der Waals surface area contributed by atoms with Crippen molar-refractivity contribution in [3.8, 4) is 0 Å². The highest BCUT2D eigenvalue weighted by Crippen LogP contribution is 2.28. The van der Waals surface area contributed by atoms with E-state index in [-0.39, 0.29) is 17.3 Å². The number of carbonyl (C=O) groups is 1. The molecule has 0 aromatic heterocycles. The Balaban J connectivity index is 2.21. The van der Waals surface area contributed by atoms with Gasteiger partial charge in [0.15, 0.2) is 9.84 Å². The fourth-order valence-corrected chi connectivity index (χ4v) is 4.94. The summed E-state index contributed by atoms with van der Waals surface area (Å²) in [7, 11) is 0.221. The van der Waals surface area contributed by atoms with E-state index in [1.807, 2.05) is 19.2 Å². The molecule has 2 rings (SSSR count). The molecule has 0 unspecified atom stereocenters. The number of benzene rings is 1. The van der Waals surface area contributed by atoms with Crippen molar-refractivity contribution in [3.05, 3.63) is 35.4 Å². The Hall–Kier alpha value is -1.40. The average Bonchev–Trinajstić information content (AvgIpc) is 2.54. The van der Waals surface area contributed by atoms with Gasteiger partial charge in [0.1, 0.15) is 0 Å².